The van der Waals surface area contributed by atoms with Crippen molar-refractivity contribution in [3.05, 3.63) is 62.3 Å². The monoisotopic (exact) mass is 526 g/mol. The van der Waals surface area contributed by atoms with Crippen LogP contribution in [0.5, 0.6) is 0 Å². The number of hydrogen-bond donors (Lipinski definition) is 0. The Morgan fingerprint density at radius 1 is 1.17 bits per heavy atom. The van der Waals surface area contributed by atoms with Gasteiger partial charge in [-0.1, -0.05) is 0 Å². The first-order valence-corrected chi connectivity index (χ1v) is 11.3. The molecule has 0 N–H and O–H groups in total. The Morgan fingerprint density at radius 2 is 1.96 bits per heavy atom. The number of nitrogens with zero attached hydrogens (tertiary/aromatic N) is 4. The van der Waals surface area contributed by atoms with Gasteiger partial charge in [0, 0.05) is 0 Å². The molecule has 1 unspecified atom stereocenters. The fraction of sp³-hybridized carbons (Fsp3) is 0.235. The molecule has 0 radical (unpaired) electrons. The van der Waals surface area contributed by atoms with Crippen LogP contribution >= 0.6 is 0 Å². The van der Waals surface area contributed by atoms with Gasteiger partial charge in [-0.05, 0) is 0 Å². The summed E-state index contributed by atoms with van der Waals surface area (Å²) in [7, 11) is 0. The van der Waals surface area contributed by atoms with Crippen molar-refractivity contribution in [1.82, 2.24) is 20.2 Å². The molecule has 1 aromatic carbocycles. The van der Waals surface area contributed by atoms with Crippen LogP contribution < -0.4 is 24.8 Å². The minimum absolute atomic E-state index is 0. The van der Waals surface area contributed by atoms with E-state index in [0.29, 0.717) is 3.67 Å². The van der Waals surface area contributed by atoms with Gasteiger partial charge in [0.15, 0.2) is 0 Å². The topological polar surface area (TPSA) is 43.6 Å². The van der Waals surface area contributed by atoms with E-state index >= 15 is 0 Å². The summed E-state index contributed by atoms with van der Waals surface area (Å²) in [5.74, 6) is 0. The Bertz CT molecular complexity index is 825. The molecule has 0 saturated carbocycles. The smallest absolute Gasteiger partial charge is 1.00 e. The minimum atomic E-state index is -1.04. The van der Waals surface area contributed by atoms with Gasteiger partial charge >= 0.3 is 141 Å². The van der Waals surface area contributed by atoms with Crippen molar-refractivity contribution in [3.63, 3.8) is 0 Å². The van der Waals surface area contributed by atoms with Crippen LogP contribution in [0.15, 0.2) is 51.1 Å². The zero-order valence-electron chi connectivity index (χ0n) is 13.4. The van der Waals surface area contributed by atoms with Crippen LogP contribution in [0.25, 0.3) is 11.8 Å². The van der Waals surface area contributed by atoms with Crippen molar-refractivity contribution in [2.75, 3.05) is 0 Å². The van der Waals surface area contributed by atoms with Crippen molar-refractivity contribution in [3.8, 4) is 0 Å². The Kier molecular flexibility index (Phi) is 6.34. The maximum Gasteiger partial charge on any atom is -1.00 e. The van der Waals surface area contributed by atoms with Gasteiger partial charge in [-0.15, -0.1) is 0 Å². The van der Waals surface area contributed by atoms with E-state index in [1.165, 1.54) is 28.0 Å². The quantitative estimate of drug-likeness (QED) is 0.415. The number of fused-ring (bicyclic) bond motifs is 1. The summed E-state index contributed by atoms with van der Waals surface area (Å²) in [6, 6.07) is 8.72. The third-order valence-corrected chi connectivity index (χ3v) is 11.0. The first-order valence-electron chi connectivity index (χ1n) is 7.41. The van der Waals surface area contributed by atoms with E-state index < -0.39 is 22.9 Å². The van der Waals surface area contributed by atoms with E-state index in [4.69, 9.17) is 0 Å². The number of halogens is 2. The van der Waals surface area contributed by atoms with E-state index in [9.17, 15) is 0 Å². The molecule has 0 saturated heterocycles. The van der Waals surface area contributed by atoms with Gasteiger partial charge in [-0.2, -0.15) is 0 Å². The molecular formula is C17H16Cl2HfN4. The molecule has 24 heavy (non-hydrogen) atoms. The number of benzene rings is 1. The summed E-state index contributed by atoms with van der Waals surface area (Å²) in [4.78, 5) is 0. The van der Waals surface area contributed by atoms with Crippen LogP contribution in [0, 0.1) is 0 Å². The van der Waals surface area contributed by atoms with Crippen molar-refractivity contribution < 1.29 is 47.7 Å². The first-order chi connectivity index (χ1) is 10.7. The zero-order chi connectivity index (χ0) is 15.1. The molecular weight excluding hydrogens is 510 g/mol. The first kappa shape index (κ1) is 19.3. The van der Waals surface area contributed by atoms with E-state index in [2.05, 4.69) is 65.8 Å². The average molecular weight is 526 g/mol. The Hall–Kier alpha value is -1.04. The SMILES string of the molecule is CC1=CC[C]([Hf+2][CH]2C(n3cnnn3)=Cc3ccccc32)=C1C.[Cl-].[Cl-]. The molecule has 0 amide bonds. The molecule has 2 aromatic rings. The van der Waals surface area contributed by atoms with Gasteiger partial charge in [0.05, 0.1) is 0 Å². The molecule has 0 aliphatic heterocycles. The van der Waals surface area contributed by atoms with Crippen LogP contribution in [0.3, 0.4) is 0 Å². The Labute approximate surface area is 165 Å². The fourth-order valence-corrected chi connectivity index (χ4v) is 9.41. The van der Waals surface area contributed by atoms with Gasteiger partial charge in [0.1, 0.15) is 0 Å². The predicted octanol–water partition coefficient (Wildman–Crippen LogP) is -2.56. The second-order valence-corrected chi connectivity index (χ2v) is 11.0. The number of hydrogen-bond acceptors (Lipinski definition) is 3. The summed E-state index contributed by atoms with van der Waals surface area (Å²) in [6.07, 6.45) is 7.50. The molecule has 1 aromatic heterocycles. The Balaban J connectivity index is 0.00000104. The van der Waals surface area contributed by atoms with Crippen molar-refractivity contribution in [2.45, 2.75) is 23.9 Å². The molecule has 7 heteroatoms. The molecule has 1 heterocycles. The van der Waals surface area contributed by atoms with E-state index in [1.807, 2.05) is 4.68 Å². The van der Waals surface area contributed by atoms with Gasteiger partial charge in [-0.3, -0.25) is 0 Å². The van der Waals surface area contributed by atoms with Gasteiger partial charge in [-0.25, -0.2) is 0 Å². The summed E-state index contributed by atoms with van der Waals surface area (Å²) in [6.45, 7) is 4.51. The van der Waals surface area contributed by atoms with Crippen LogP contribution in [0.2, 0.25) is 0 Å². The number of rotatable bonds is 3. The number of allylic oxidation sites excluding steroid dienone is 5. The standard InChI is InChI=1S/C10H7N4.C7H9.2ClH.Hf/c1-2-4-9-6-10(5-8(9)3-1)14-7-11-12-13-14;1-6-4-3-5-7(6)2;;;/h1-7H;4H,3H2,1-2H3;2*1H;/q;;;;+2/p-2. The maximum atomic E-state index is 4.13. The third-order valence-electron chi connectivity index (χ3n) is 4.49. The Morgan fingerprint density at radius 3 is 2.62 bits per heavy atom. The van der Waals surface area contributed by atoms with Crippen molar-refractivity contribution in [1.29, 1.82) is 0 Å². The third kappa shape index (κ3) is 3.35. The second kappa shape index (κ2) is 7.89. The molecule has 122 valence electrons. The number of aromatic nitrogens is 4. The number of tetrazole rings is 1. The molecule has 1 atom stereocenters. The molecule has 2 aliphatic rings. The predicted molar refractivity (Wildman–Crippen MR) is 82.2 cm³/mol. The van der Waals surface area contributed by atoms with Gasteiger partial charge in [0.2, 0.25) is 0 Å². The maximum absolute atomic E-state index is 4.13. The average Bonchev–Trinajstić information content (AvgIpc) is 3.23. The van der Waals surface area contributed by atoms with Crippen LogP contribution in [-0.4, -0.2) is 20.2 Å². The molecule has 4 nitrogen and oxygen atoms in total. The van der Waals surface area contributed by atoms with Crippen molar-refractivity contribution >= 4 is 11.8 Å². The molecule has 2 aliphatic carbocycles. The minimum Gasteiger partial charge on any atom is -1.00 e. The molecule has 4 rings (SSSR count). The van der Waals surface area contributed by atoms with Gasteiger partial charge in [0.25, 0.3) is 0 Å². The van der Waals surface area contributed by atoms with Gasteiger partial charge < -0.3 is 24.8 Å². The summed E-state index contributed by atoms with van der Waals surface area (Å²) in [5.41, 5.74) is 7.03. The van der Waals surface area contributed by atoms with Crippen LogP contribution in [-0.2, 0) is 22.9 Å². The van der Waals surface area contributed by atoms with Crippen molar-refractivity contribution in [2.24, 2.45) is 0 Å². The molecule has 0 fully saturated rings. The van der Waals surface area contributed by atoms with Crippen LogP contribution in [0.4, 0.5) is 0 Å². The summed E-state index contributed by atoms with van der Waals surface area (Å²) in [5, 5.41) is 11.8. The largest absolute Gasteiger partial charge is 1.00 e. The van der Waals surface area contributed by atoms with E-state index in [0.717, 1.165) is 6.42 Å². The summed E-state index contributed by atoms with van der Waals surface area (Å²) < 4.78 is 4.09. The summed E-state index contributed by atoms with van der Waals surface area (Å²) >= 11 is -1.04. The zero-order valence-corrected chi connectivity index (χ0v) is 18.5. The van der Waals surface area contributed by atoms with E-state index in [-0.39, 0.29) is 24.8 Å². The second-order valence-electron chi connectivity index (χ2n) is 5.72. The fourth-order valence-electron chi connectivity index (χ4n) is 3.08. The molecule has 0 spiro atoms. The molecule has 0 bridgehead atoms. The normalized spacial score (nSPS) is 18.2. The van der Waals surface area contributed by atoms with E-state index in [1.54, 1.807) is 9.66 Å². The van der Waals surface area contributed by atoms with Crippen LogP contribution in [0.1, 0.15) is 35.1 Å².